The Morgan fingerprint density at radius 3 is 2.58 bits per heavy atom. The van der Waals surface area contributed by atoms with Gasteiger partial charge in [0.25, 0.3) is 0 Å². The maximum absolute atomic E-state index is 12.3. The van der Waals surface area contributed by atoms with Gasteiger partial charge in [0.05, 0.1) is 17.5 Å². The van der Waals surface area contributed by atoms with Gasteiger partial charge in [-0.15, -0.1) is 11.8 Å². The van der Waals surface area contributed by atoms with Crippen molar-refractivity contribution < 1.29 is 18.7 Å². The van der Waals surface area contributed by atoms with Crippen molar-refractivity contribution in [2.24, 2.45) is 5.73 Å². The lowest BCUT2D eigenvalue weighted by Crippen LogP contribution is -2.14. The van der Waals surface area contributed by atoms with Gasteiger partial charge in [0.15, 0.2) is 12.4 Å². The van der Waals surface area contributed by atoms with Crippen LogP contribution in [0, 0.1) is 0 Å². The zero-order valence-corrected chi connectivity index (χ0v) is 14.6. The van der Waals surface area contributed by atoms with Gasteiger partial charge in [-0.2, -0.15) is 0 Å². The van der Waals surface area contributed by atoms with Crippen molar-refractivity contribution in [3.8, 4) is 11.3 Å². The van der Waals surface area contributed by atoms with Gasteiger partial charge in [-0.3, -0.25) is 4.79 Å². The van der Waals surface area contributed by atoms with Crippen molar-refractivity contribution in [3.05, 3.63) is 72.2 Å². The summed E-state index contributed by atoms with van der Waals surface area (Å²) in [6, 6.07) is 16.4. The van der Waals surface area contributed by atoms with Gasteiger partial charge in [0, 0.05) is 10.5 Å². The lowest BCUT2D eigenvalue weighted by molar-refractivity contribution is -0.115. The Hall–Kier alpha value is -3.06. The van der Waals surface area contributed by atoms with E-state index in [1.54, 1.807) is 30.5 Å². The average molecular weight is 368 g/mol. The lowest BCUT2D eigenvalue weighted by Gasteiger charge is -2.07. The molecule has 26 heavy (non-hydrogen) atoms. The second kappa shape index (κ2) is 8.35. The fourth-order valence-corrected chi connectivity index (χ4v) is 3.01. The quantitative estimate of drug-likeness (QED) is 0.508. The summed E-state index contributed by atoms with van der Waals surface area (Å²) < 4.78 is 10.9. The van der Waals surface area contributed by atoms with E-state index >= 15 is 0 Å². The van der Waals surface area contributed by atoms with Gasteiger partial charge in [-0.1, -0.05) is 42.5 Å². The molecule has 3 aromatic rings. The van der Waals surface area contributed by atoms with Crippen molar-refractivity contribution in [3.63, 3.8) is 0 Å². The van der Waals surface area contributed by atoms with Gasteiger partial charge in [0.1, 0.15) is 0 Å². The number of thioether (sulfide) groups is 1. The summed E-state index contributed by atoms with van der Waals surface area (Å²) in [5.74, 6) is 0.0294. The van der Waals surface area contributed by atoms with Crippen molar-refractivity contribution in [1.82, 2.24) is 4.98 Å². The summed E-state index contributed by atoms with van der Waals surface area (Å²) in [6.45, 7) is -0.0828. The third-order valence-electron chi connectivity index (χ3n) is 3.42. The van der Waals surface area contributed by atoms with E-state index in [2.05, 4.69) is 4.98 Å². The minimum atomic E-state index is -0.517. The van der Waals surface area contributed by atoms with Crippen molar-refractivity contribution in [2.45, 2.75) is 11.5 Å². The molecule has 2 aromatic carbocycles. The van der Waals surface area contributed by atoms with Crippen molar-refractivity contribution >= 4 is 23.6 Å². The first-order valence-corrected chi connectivity index (χ1v) is 8.79. The van der Waals surface area contributed by atoms with Crippen LogP contribution in [0.4, 0.5) is 0 Å². The minimum Gasteiger partial charge on any atom is -0.452 e. The van der Waals surface area contributed by atoms with E-state index in [0.717, 1.165) is 5.56 Å². The molecule has 132 valence electrons. The monoisotopic (exact) mass is 368 g/mol. The first-order valence-electron chi connectivity index (χ1n) is 7.81. The van der Waals surface area contributed by atoms with Crippen LogP contribution in [-0.2, 0) is 16.1 Å². The van der Waals surface area contributed by atoms with Gasteiger partial charge in [-0.25, -0.2) is 9.78 Å². The summed E-state index contributed by atoms with van der Waals surface area (Å²) >= 11 is 1.19. The molecule has 0 aliphatic heterocycles. The number of nitrogens with two attached hydrogens (primary N) is 1. The zero-order valence-electron chi connectivity index (χ0n) is 13.8. The van der Waals surface area contributed by atoms with Crippen molar-refractivity contribution in [2.75, 3.05) is 5.75 Å². The number of rotatable bonds is 7. The van der Waals surface area contributed by atoms with Crippen LogP contribution in [0.15, 0.2) is 70.1 Å². The molecule has 1 heterocycles. The molecule has 0 saturated carbocycles. The Kier molecular flexibility index (Phi) is 5.70. The number of oxazole rings is 1. The largest absolute Gasteiger partial charge is 0.452 e. The summed E-state index contributed by atoms with van der Waals surface area (Å²) in [6.07, 6.45) is 1.59. The molecule has 1 amide bonds. The number of aromatic nitrogens is 1. The van der Waals surface area contributed by atoms with E-state index in [1.807, 2.05) is 30.3 Å². The molecule has 0 aliphatic rings. The van der Waals surface area contributed by atoms with E-state index in [-0.39, 0.29) is 12.4 Å². The molecule has 0 radical (unpaired) electrons. The normalized spacial score (nSPS) is 10.5. The highest BCUT2D eigenvalue weighted by molar-refractivity contribution is 8.00. The molecule has 3 rings (SSSR count). The minimum absolute atomic E-state index is 0.0828. The Morgan fingerprint density at radius 2 is 1.81 bits per heavy atom. The Labute approximate surface area is 154 Å². The summed E-state index contributed by atoms with van der Waals surface area (Å²) in [7, 11) is 0. The third kappa shape index (κ3) is 4.52. The molecule has 0 atom stereocenters. The van der Waals surface area contributed by atoms with Crippen molar-refractivity contribution in [1.29, 1.82) is 0 Å². The standard InChI is InChI=1S/C19H16N2O4S/c20-17(22)12-26-16-9-5-4-8-14(16)19(23)24-11-18-21-10-15(25-18)13-6-2-1-3-7-13/h1-10H,11-12H2,(H2,20,22). The summed E-state index contributed by atoms with van der Waals surface area (Å²) in [4.78, 5) is 28.1. The van der Waals surface area contributed by atoms with Crippen LogP contribution in [-0.4, -0.2) is 22.6 Å². The molecule has 0 spiro atoms. The smallest absolute Gasteiger partial charge is 0.339 e. The summed E-state index contributed by atoms with van der Waals surface area (Å²) in [5, 5.41) is 0. The highest BCUT2D eigenvalue weighted by atomic mass is 32.2. The zero-order chi connectivity index (χ0) is 18.4. The van der Waals surface area contributed by atoms with E-state index in [4.69, 9.17) is 14.9 Å². The maximum Gasteiger partial charge on any atom is 0.339 e. The third-order valence-corrected chi connectivity index (χ3v) is 4.51. The van der Waals surface area contributed by atoms with E-state index < -0.39 is 11.9 Å². The fraction of sp³-hybridized carbons (Fsp3) is 0.105. The molecule has 1 aromatic heterocycles. The van der Waals surface area contributed by atoms with Gasteiger partial charge >= 0.3 is 5.97 Å². The van der Waals surface area contributed by atoms with Crippen LogP contribution in [0.5, 0.6) is 0 Å². The molecule has 0 fully saturated rings. The van der Waals surface area contributed by atoms with Crippen LogP contribution in [0.1, 0.15) is 16.2 Å². The molecule has 0 aliphatic carbocycles. The second-order valence-electron chi connectivity index (χ2n) is 5.31. The molecular weight excluding hydrogens is 352 g/mol. The van der Waals surface area contributed by atoms with Gasteiger partial charge < -0.3 is 14.9 Å². The number of benzene rings is 2. The fourth-order valence-electron chi connectivity index (χ4n) is 2.23. The number of nitrogens with zero attached hydrogens (tertiary/aromatic N) is 1. The van der Waals surface area contributed by atoms with E-state index in [1.165, 1.54) is 11.8 Å². The maximum atomic E-state index is 12.3. The molecule has 7 heteroatoms. The van der Waals surface area contributed by atoms with Crippen LogP contribution >= 0.6 is 11.8 Å². The molecule has 6 nitrogen and oxygen atoms in total. The van der Waals surface area contributed by atoms with Gasteiger partial charge in [-0.05, 0) is 12.1 Å². The molecule has 0 bridgehead atoms. The van der Waals surface area contributed by atoms with Crippen LogP contribution in [0.25, 0.3) is 11.3 Å². The molecular formula is C19H16N2O4S. The lowest BCUT2D eigenvalue weighted by atomic mass is 10.2. The molecule has 0 saturated heterocycles. The number of amides is 1. The second-order valence-corrected chi connectivity index (χ2v) is 6.33. The van der Waals surface area contributed by atoms with Crippen LogP contribution in [0.2, 0.25) is 0 Å². The van der Waals surface area contributed by atoms with Crippen LogP contribution < -0.4 is 5.73 Å². The summed E-state index contributed by atoms with van der Waals surface area (Å²) in [5.41, 5.74) is 6.42. The van der Waals surface area contributed by atoms with Crippen LogP contribution in [0.3, 0.4) is 0 Å². The topological polar surface area (TPSA) is 95.4 Å². The Morgan fingerprint density at radius 1 is 1.08 bits per heavy atom. The van der Waals surface area contributed by atoms with Gasteiger partial charge in [0.2, 0.25) is 11.8 Å². The Bertz CT molecular complexity index is 909. The molecule has 2 N–H and O–H groups in total. The highest BCUT2D eigenvalue weighted by Crippen LogP contribution is 2.24. The van der Waals surface area contributed by atoms with E-state index in [0.29, 0.717) is 22.1 Å². The number of hydrogen-bond acceptors (Lipinski definition) is 6. The average Bonchev–Trinajstić information content (AvgIpc) is 3.14. The number of carbonyl (C=O) groups is 2. The first-order chi connectivity index (χ1) is 12.6. The number of carbonyl (C=O) groups excluding carboxylic acids is 2. The first kappa shape index (κ1) is 17.8. The number of primary amides is 1. The number of ether oxygens (including phenoxy) is 1. The van der Waals surface area contributed by atoms with E-state index in [9.17, 15) is 9.59 Å². The predicted molar refractivity (Wildman–Crippen MR) is 97.4 cm³/mol. The predicted octanol–water partition coefficient (Wildman–Crippen LogP) is 3.28. The SMILES string of the molecule is NC(=O)CSc1ccccc1C(=O)OCc1ncc(-c2ccccc2)o1. The Balaban J connectivity index is 1.65. The molecule has 0 unspecified atom stereocenters. The number of esters is 1. The highest BCUT2D eigenvalue weighted by Gasteiger charge is 2.15. The number of hydrogen-bond donors (Lipinski definition) is 1.